The Labute approximate surface area is 827 Å². The lowest BCUT2D eigenvalue weighted by Crippen LogP contribution is -2.61. The number of nitrogens with zero attached hydrogens (tertiary/aromatic N) is 1. The van der Waals surface area contributed by atoms with Crippen LogP contribution in [-0.4, -0.2) is 255 Å². The minimum atomic E-state index is -1.33. The van der Waals surface area contributed by atoms with Gasteiger partial charge >= 0.3 is 0 Å². The Morgan fingerprint density at radius 2 is 0.511 bits per heavy atom. The molecule has 800 valence electrons. The summed E-state index contributed by atoms with van der Waals surface area (Å²) in [6.07, 6.45) is 9.37. The highest BCUT2D eigenvalue weighted by atomic mass is 16.2. The molecule has 0 aliphatic carbocycles. The number of nitrogens with one attached hydrogen (secondary N) is 16. The average molecular weight is 1970 g/mol. The smallest absolute Gasteiger partial charge is 0.245 e. The monoisotopic (exact) mass is 1970 g/mol. The lowest BCUT2D eigenvalue weighted by Gasteiger charge is -2.32. The van der Waals surface area contributed by atoms with Crippen molar-refractivity contribution in [2.24, 2.45) is 93.3 Å². The Hall–Kier alpha value is -9.33. The summed E-state index contributed by atoms with van der Waals surface area (Å²) < 4.78 is 0. The van der Waals surface area contributed by atoms with E-state index in [9.17, 15) is 76.7 Å². The highest BCUT2D eigenvalue weighted by molar-refractivity contribution is 6.01. The third-order valence-corrected chi connectivity index (χ3v) is 23.7. The molecular formula is C97H185N25O17. The van der Waals surface area contributed by atoms with Gasteiger partial charge in [-0.15, -0.1) is 0 Å². The van der Waals surface area contributed by atoms with Crippen LogP contribution in [0.5, 0.6) is 0 Å². The SMILES string of the molecule is CC(C)C[C@H](NC(=O)[C@H](CCCCN)NC(=O)[C@H](CC(C)C)NC(=O)[C@H](CC(C)C)NC(=O)[C@H](CCCCN)NC(=O)[C@H](CCCCN)NC(=O)[C@H](CC(C)C)NC(=O)[C@H](CC(C)C)NC(=O)[C@@H]1CCCN1C(=O)[C@H](CC(C)C)NC(=O)[C@H](CC(C)C)NC(=O)[C@H](CCCCN)NC(=O)[C@H](CCCCN)NC(=O)[C@@H](N)CC(C)C)C(=O)N[C@@H](CCCCN)C(=O)NCC(=O)NCCCCCC(=O)NN. The van der Waals surface area contributed by atoms with Gasteiger partial charge in [-0.05, 0) is 279 Å². The number of carbonyl (C=O) groups is 17. The molecular weight excluding hydrogens is 1790 g/mol. The fourth-order valence-electron chi connectivity index (χ4n) is 16.4. The molecule has 1 heterocycles. The minimum absolute atomic E-state index is 0.0193. The topological polar surface area (TPSA) is 694 Å². The Bertz CT molecular complexity index is 3710. The summed E-state index contributed by atoms with van der Waals surface area (Å²) in [6, 6.07) is -18.1. The fourth-order valence-corrected chi connectivity index (χ4v) is 16.4. The van der Waals surface area contributed by atoms with Crippen LogP contribution in [0.3, 0.4) is 0 Å². The Morgan fingerprint density at radius 1 is 0.266 bits per heavy atom. The van der Waals surface area contributed by atoms with Crippen molar-refractivity contribution in [2.45, 2.75) is 407 Å². The summed E-state index contributed by atoms with van der Waals surface area (Å²) in [4.78, 5) is 244. The van der Waals surface area contributed by atoms with E-state index in [1.54, 1.807) is 0 Å². The van der Waals surface area contributed by atoms with Crippen molar-refractivity contribution >= 4 is 100 Å². The number of hydrogen-bond acceptors (Lipinski definition) is 25. The molecule has 0 saturated carbocycles. The maximum Gasteiger partial charge on any atom is 0.245 e. The molecule has 0 aromatic carbocycles. The van der Waals surface area contributed by atoms with Gasteiger partial charge in [0.05, 0.1) is 12.6 Å². The van der Waals surface area contributed by atoms with Crippen LogP contribution in [0.2, 0.25) is 0 Å². The highest BCUT2D eigenvalue weighted by Gasteiger charge is 2.43. The van der Waals surface area contributed by atoms with E-state index in [-0.39, 0.29) is 176 Å². The van der Waals surface area contributed by atoms with Gasteiger partial charge in [0.2, 0.25) is 100 Å². The zero-order valence-corrected chi connectivity index (χ0v) is 86.8. The number of likely N-dealkylation sites (tertiary alicyclic amines) is 1. The fraction of sp³-hybridized carbons (Fsp3) is 0.825. The lowest BCUT2D eigenvalue weighted by atomic mass is 9.98. The normalized spacial score (nSPS) is 15.7. The number of amides is 17. The van der Waals surface area contributed by atoms with Crippen molar-refractivity contribution in [2.75, 3.05) is 58.9 Å². The largest absolute Gasteiger partial charge is 0.355 e. The standard InChI is InChI=1S/C97H185N25O17/c1-58(2)49-66(104)83(125)108-68(34-20-26-42-99)85(127)110-70(36-22-28-44-101)88(130)116-77(54-63(11)12)95(137)120-79(56-65(15)16)97(139)122-48-32-39-80(122)96(138)119-78(55-64(13)14)94(136)118-75(52-61(7)8)91(133)112-69(35-21-27-43-100)86(128)111-71(37-23-29-45-102)87(129)115-76(53-62(9)10)93(135)117-74(51-60(5)6)92(134)113-72(38-24-30-46-103)89(131)114-73(50-59(3)4)90(132)109-67(33-19-25-41-98)84(126)107-57-82(124)106-47-31-17-18-40-81(123)121-105/h58-80H,17-57,98-105H2,1-16H3,(H,106,124)(H,107,126)(H,108,125)(H,109,132)(H,110,127)(H,111,128)(H,112,133)(H,113,134)(H,114,131)(H,115,129)(H,116,130)(H,117,135)(H,118,136)(H,119,138)(H,120,137)(H,121,123)/t66-,67-,68-,69-,70-,71-,72-,73-,74-,75-,76-,77-,78-,79-,80-/m0/s1. The van der Waals surface area contributed by atoms with E-state index < -0.39 is 192 Å². The molecule has 0 spiro atoms. The third kappa shape index (κ3) is 54.5. The van der Waals surface area contributed by atoms with Gasteiger partial charge in [0.25, 0.3) is 0 Å². The number of hydrazine groups is 1. The van der Waals surface area contributed by atoms with E-state index in [0.717, 1.165) is 0 Å². The number of hydrogen-bond donors (Lipinski definition) is 24. The van der Waals surface area contributed by atoms with Gasteiger partial charge in [0.15, 0.2) is 0 Å². The molecule has 1 aliphatic rings. The lowest BCUT2D eigenvalue weighted by molar-refractivity contribution is -0.143. The molecule has 1 aliphatic heterocycles. The quantitative estimate of drug-likeness (QED) is 0.0171. The molecule has 0 radical (unpaired) electrons. The first kappa shape index (κ1) is 128. The predicted octanol–water partition coefficient (Wildman–Crippen LogP) is 0.533. The van der Waals surface area contributed by atoms with Gasteiger partial charge in [-0.25, -0.2) is 5.84 Å². The Kier molecular flexibility index (Phi) is 66.1. The second-order valence-corrected chi connectivity index (χ2v) is 40.8. The molecule has 17 amide bonds. The molecule has 42 nitrogen and oxygen atoms in total. The number of rotatable bonds is 76. The van der Waals surface area contributed by atoms with Crippen LogP contribution >= 0.6 is 0 Å². The van der Waals surface area contributed by atoms with Gasteiger partial charge < -0.3 is 125 Å². The van der Waals surface area contributed by atoms with Crippen molar-refractivity contribution in [3.8, 4) is 0 Å². The maximum absolute atomic E-state index is 15.1. The number of carbonyl (C=O) groups excluding carboxylic acids is 17. The number of unbranched alkanes of at least 4 members (excludes halogenated alkanes) is 8. The summed E-state index contributed by atoms with van der Waals surface area (Å²) in [5.41, 5.74) is 43.6. The second-order valence-electron chi connectivity index (χ2n) is 40.8. The van der Waals surface area contributed by atoms with E-state index in [1.165, 1.54) is 4.90 Å². The zero-order chi connectivity index (χ0) is 105. The van der Waals surface area contributed by atoms with Crippen molar-refractivity contribution in [3.05, 3.63) is 0 Å². The van der Waals surface area contributed by atoms with Crippen LogP contribution in [0.15, 0.2) is 0 Å². The van der Waals surface area contributed by atoms with E-state index >= 15 is 4.79 Å². The molecule has 1 saturated heterocycles. The molecule has 0 unspecified atom stereocenters. The Morgan fingerprint density at radius 3 is 0.784 bits per heavy atom. The van der Waals surface area contributed by atoms with Crippen molar-refractivity contribution < 1.29 is 81.5 Å². The molecule has 42 heteroatoms. The van der Waals surface area contributed by atoms with Crippen LogP contribution in [0.25, 0.3) is 0 Å². The summed E-state index contributed by atoms with van der Waals surface area (Å²) in [5, 5.41) is 42.2. The molecule has 139 heavy (non-hydrogen) atoms. The summed E-state index contributed by atoms with van der Waals surface area (Å²) in [7, 11) is 0. The Balaban J connectivity index is 3.72. The van der Waals surface area contributed by atoms with Crippen LogP contribution in [0.4, 0.5) is 0 Å². The summed E-state index contributed by atoms with van der Waals surface area (Å²) >= 11 is 0. The maximum atomic E-state index is 15.1. The highest BCUT2D eigenvalue weighted by Crippen LogP contribution is 2.24. The molecule has 1 fully saturated rings. The minimum Gasteiger partial charge on any atom is -0.355 e. The predicted molar refractivity (Wildman–Crippen MR) is 538 cm³/mol. The van der Waals surface area contributed by atoms with Crippen molar-refractivity contribution in [1.29, 1.82) is 0 Å². The molecule has 32 N–H and O–H groups in total. The van der Waals surface area contributed by atoms with E-state index in [2.05, 4.69) is 85.2 Å². The summed E-state index contributed by atoms with van der Waals surface area (Å²) in [6.45, 7) is 31.3. The molecule has 0 aromatic rings. The summed E-state index contributed by atoms with van der Waals surface area (Å²) in [5.74, 6) is -7.37. The van der Waals surface area contributed by atoms with Crippen molar-refractivity contribution in [3.63, 3.8) is 0 Å². The molecule has 0 aromatic heterocycles. The first-order chi connectivity index (χ1) is 65.7. The van der Waals surface area contributed by atoms with Gasteiger partial charge in [0, 0.05) is 19.5 Å². The third-order valence-electron chi connectivity index (χ3n) is 23.7. The molecule has 0 bridgehead atoms. The van der Waals surface area contributed by atoms with Gasteiger partial charge in [-0.1, -0.05) is 117 Å². The first-order valence-corrected chi connectivity index (χ1v) is 51.5. The van der Waals surface area contributed by atoms with Gasteiger partial charge in [-0.2, -0.15) is 0 Å². The first-order valence-electron chi connectivity index (χ1n) is 51.5. The van der Waals surface area contributed by atoms with Gasteiger partial charge in [-0.3, -0.25) is 86.9 Å². The zero-order valence-electron chi connectivity index (χ0n) is 86.8. The van der Waals surface area contributed by atoms with E-state index in [1.807, 2.05) is 111 Å². The second kappa shape index (κ2) is 72.0. The van der Waals surface area contributed by atoms with Crippen LogP contribution in [0.1, 0.15) is 316 Å². The average Bonchev–Trinajstić information content (AvgIpc) is 1.70. The van der Waals surface area contributed by atoms with Crippen LogP contribution in [-0.2, 0) is 81.5 Å². The van der Waals surface area contributed by atoms with Gasteiger partial charge in [0.1, 0.15) is 84.6 Å². The van der Waals surface area contributed by atoms with Crippen molar-refractivity contribution in [1.82, 2.24) is 90.1 Å². The molecule has 1 rings (SSSR count). The van der Waals surface area contributed by atoms with Crippen LogP contribution in [0, 0.1) is 47.3 Å². The van der Waals surface area contributed by atoms with E-state index in [4.69, 9.17) is 46.0 Å². The van der Waals surface area contributed by atoms with E-state index in [0.29, 0.717) is 135 Å². The molecule has 15 atom stereocenters. The van der Waals surface area contributed by atoms with Crippen LogP contribution < -0.4 is 131 Å². The number of nitrogens with two attached hydrogens (primary N) is 8.